The van der Waals surface area contributed by atoms with E-state index in [0.29, 0.717) is 11.6 Å². The Morgan fingerprint density at radius 1 is 1.00 bits per heavy atom. The molecule has 1 aromatic rings. The average Bonchev–Trinajstić information content (AvgIpc) is 3.15. The Bertz CT molecular complexity index is 559. The average molecular weight is 338 g/mol. The third-order valence-corrected chi connectivity index (χ3v) is 5.95. The number of aromatic nitrogens is 1. The van der Waals surface area contributed by atoms with Gasteiger partial charge in [-0.2, -0.15) is 0 Å². The predicted octanol–water partition coefficient (Wildman–Crippen LogP) is 4.86. The highest BCUT2D eigenvalue weighted by molar-refractivity contribution is 6.17. The summed E-state index contributed by atoms with van der Waals surface area (Å²) in [6.07, 6.45) is 17.1. The standard InChI is InChI=1S/C21H31BN2O/c22-21(13-8-4-2-1-3-5-9-14-21)24-20(25)19-16-18(12-15-23-19)17-10-6-7-11-17/h12,15-17H,1-11,13-14H2,(H,24,25). The molecule has 2 saturated carbocycles. The Balaban J connectivity index is 1.65. The maximum Gasteiger partial charge on any atom is 0.269 e. The number of amides is 1. The van der Waals surface area contributed by atoms with E-state index in [1.807, 2.05) is 6.07 Å². The molecule has 134 valence electrons. The van der Waals surface area contributed by atoms with E-state index in [9.17, 15) is 4.79 Å². The van der Waals surface area contributed by atoms with E-state index in [1.165, 1.54) is 63.4 Å². The zero-order valence-corrected chi connectivity index (χ0v) is 15.4. The maximum absolute atomic E-state index is 12.8. The van der Waals surface area contributed by atoms with Crippen LogP contribution in [0.1, 0.15) is 105 Å². The fraction of sp³-hybridized carbons (Fsp3) is 0.714. The number of rotatable bonds is 3. The minimum absolute atomic E-state index is 0.112. The number of hydrogen-bond donors (Lipinski definition) is 1. The van der Waals surface area contributed by atoms with Gasteiger partial charge in [0.05, 0.1) is 0 Å². The summed E-state index contributed by atoms with van der Waals surface area (Å²) >= 11 is 0. The molecule has 2 radical (unpaired) electrons. The number of carbonyl (C=O) groups excluding carboxylic acids is 1. The summed E-state index contributed by atoms with van der Waals surface area (Å²) in [6, 6.07) is 4.04. The van der Waals surface area contributed by atoms with E-state index in [-0.39, 0.29) is 5.91 Å². The fourth-order valence-electron chi connectivity index (χ4n) is 4.39. The molecule has 4 heteroatoms. The Hall–Kier alpha value is -1.32. The van der Waals surface area contributed by atoms with Gasteiger partial charge in [-0.05, 0) is 49.3 Å². The van der Waals surface area contributed by atoms with Crippen molar-refractivity contribution in [2.24, 2.45) is 0 Å². The number of carbonyl (C=O) groups is 1. The highest BCUT2D eigenvalue weighted by atomic mass is 16.2. The van der Waals surface area contributed by atoms with E-state index < -0.39 is 5.44 Å². The summed E-state index contributed by atoms with van der Waals surface area (Å²) in [5.41, 5.74) is 1.19. The quantitative estimate of drug-likeness (QED) is 0.800. The van der Waals surface area contributed by atoms with Gasteiger partial charge < -0.3 is 5.32 Å². The van der Waals surface area contributed by atoms with Gasteiger partial charge in [-0.25, -0.2) is 0 Å². The summed E-state index contributed by atoms with van der Waals surface area (Å²) in [4.78, 5) is 17.1. The number of nitrogens with one attached hydrogen (secondary N) is 1. The maximum atomic E-state index is 12.8. The molecule has 1 amide bonds. The topological polar surface area (TPSA) is 42.0 Å². The van der Waals surface area contributed by atoms with Crippen molar-refractivity contribution in [3.05, 3.63) is 29.6 Å². The first-order valence-corrected chi connectivity index (χ1v) is 10.2. The van der Waals surface area contributed by atoms with Crippen LogP contribution in [0.25, 0.3) is 0 Å². The van der Waals surface area contributed by atoms with Crippen LogP contribution in [0.2, 0.25) is 0 Å². The first-order chi connectivity index (χ1) is 12.2. The van der Waals surface area contributed by atoms with Crippen LogP contribution in [0.4, 0.5) is 0 Å². The Labute approximate surface area is 153 Å². The molecule has 0 unspecified atom stereocenters. The molecule has 2 aliphatic rings. The van der Waals surface area contributed by atoms with Crippen molar-refractivity contribution in [3.8, 4) is 0 Å². The molecule has 1 aromatic heterocycles. The Morgan fingerprint density at radius 3 is 2.24 bits per heavy atom. The van der Waals surface area contributed by atoms with Crippen LogP contribution >= 0.6 is 0 Å². The first-order valence-electron chi connectivity index (χ1n) is 10.2. The third kappa shape index (κ3) is 5.33. The number of pyridine rings is 1. The molecule has 3 nitrogen and oxygen atoms in total. The zero-order chi connectivity index (χ0) is 17.5. The molecule has 0 atom stereocenters. The van der Waals surface area contributed by atoms with E-state index in [0.717, 1.165) is 25.7 Å². The Morgan fingerprint density at radius 2 is 1.60 bits per heavy atom. The van der Waals surface area contributed by atoms with Crippen molar-refractivity contribution >= 4 is 13.8 Å². The van der Waals surface area contributed by atoms with Gasteiger partial charge in [-0.15, -0.1) is 0 Å². The molecule has 0 spiro atoms. The summed E-state index contributed by atoms with van der Waals surface area (Å²) in [5, 5.41) is 3.12. The first kappa shape index (κ1) is 18.5. The number of nitrogens with zero attached hydrogens (tertiary/aromatic N) is 1. The van der Waals surface area contributed by atoms with Crippen LogP contribution < -0.4 is 5.32 Å². The second-order valence-corrected chi connectivity index (χ2v) is 8.04. The molecule has 25 heavy (non-hydrogen) atoms. The van der Waals surface area contributed by atoms with Crippen LogP contribution in [0.5, 0.6) is 0 Å². The SMILES string of the molecule is [B]C1(NC(=O)c2cc(C3CCCC3)ccn2)CCCCCCCCC1. The molecule has 0 aromatic carbocycles. The van der Waals surface area contributed by atoms with Gasteiger partial charge in [0, 0.05) is 11.6 Å². The second kappa shape index (κ2) is 8.87. The highest BCUT2D eigenvalue weighted by Gasteiger charge is 2.27. The lowest BCUT2D eigenvalue weighted by Gasteiger charge is -2.32. The van der Waals surface area contributed by atoms with Crippen molar-refractivity contribution < 1.29 is 4.79 Å². The van der Waals surface area contributed by atoms with Crippen molar-refractivity contribution in [2.75, 3.05) is 0 Å². The lowest BCUT2D eigenvalue weighted by Crippen LogP contribution is -2.49. The van der Waals surface area contributed by atoms with Gasteiger partial charge in [0.25, 0.3) is 5.91 Å². The fourth-order valence-corrected chi connectivity index (χ4v) is 4.39. The molecule has 0 aliphatic heterocycles. The summed E-state index contributed by atoms with van der Waals surface area (Å²) in [6.45, 7) is 0. The summed E-state index contributed by atoms with van der Waals surface area (Å²) < 4.78 is 0. The lowest BCUT2D eigenvalue weighted by atomic mass is 9.69. The summed E-state index contributed by atoms with van der Waals surface area (Å²) in [5.74, 6) is 0.481. The van der Waals surface area contributed by atoms with E-state index >= 15 is 0 Å². The molecule has 1 heterocycles. The monoisotopic (exact) mass is 338 g/mol. The Kier molecular flexibility index (Phi) is 6.55. The molecule has 0 bridgehead atoms. The molecule has 3 rings (SSSR count). The van der Waals surface area contributed by atoms with E-state index in [4.69, 9.17) is 7.85 Å². The van der Waals surface area contributed by atoms with Gasteiger partial charge in [0.2, 0.25) is 0 Å². The van der Waals surface area contributed by atoms with E-state index in [1.54, 1.807) is 6.20 Å². The van der Waals surface area contributed by atoms with Crippen LogP contribution in [-0.4, -0.2) is 24.2 Å². The van der Waals surface area contributed by atoms with Crippen LogP contribution in [-0.2, 0) is 0 Å². The van der Waals surface area contributed by atoms with Crippen LogP contribution in [0, 0.1) is 0 Å². The van der Waals surface area contributed by atoms with Crippen LogP contribution in [0.3, 0.4) is 0 Å². The molecular formula is C21H31BN2O. The van der Waals surface area contributed by atoms with Gasteiger partial charge >= 0.3 is 0 Å². The molecule has 2 fully saturated rings. The molecule has 1 N–H and O–H groups in total. The molecule has 0 saturated heterocycles. The number of hydrogen-bond acceptors (Lipinski definition) is 2. The minimum atomic E-state index is -0.584. The van der Waals surface area contributed by atoms with Crippen molar-refractivity contribution in [3.63, 3.8) is 0 Å². The van der Waals surface area contributed by atoms with Gasteiger partial charge in [-0.3, -0.25) is 9.78 Å². The van der Waals surface area contributed by atoms with Gasteiger partial charge in [-0.1, -0.05) is 57.8 Å². The van der Waals surface area contributed by atoms with Crippen molar-refractivity contribution in [2.45, 2.75) is 94.8 Å². The zero-order valence-electron chi connectivity index (χ0n) is 15.4. The largest absolute Gasteiger partial charge is 0.354 e. The lowest BCUT2D eigenvalue weighted by molar-refractivity contribution is 0.0913. The molecule has 2 aliphatic carbocycles. The highest BCUT2D eigenvalue weighted by Crippen LogP contribution is 2.34. The van der Waals surface area contributed by atoms with Crippen LogP contribution in [0.15, 0.2) is 18.3 Å². The molecular weight excluding hydrogens is 307 g/mol. The normalized spacial score (nSPS) is 22.4. The van der Waals surface area contributed by atoms with Gasteiger partial charge in [0.15, 0.2) is 0 Å². The van der Waals surface area contributed by atoms with Crippen molar-refractivity contribution in [1.29, 1.82) is 0 Å². The van der Waals surface area contributed by atoms with Gasteiger partial charge in [0.1, 0.15) is 13.5 Å². The summed E-state index contributed by atoms with van der Waals surface area (Å²) in [7, 11) is 6.59. The van der Waals surface area contributed by atoms with E-state index in [2.05, 4.69) is 16.4 Å². The smallest absolute Gasteiger partial charge is 0.269 e. The minimum Gasteiger partial charge on any atom is -0.354 e. The third-order valence-electron chi connectivity index (χ3n) is 5.95. The second-order valence-electron chi connectivity index (χ2n) is 8.04. The predicted molar refractivity (Wildman–Crippen MR) is 103 cm³/mol. The van der Waals surface area contributed by atoms with Crippen molar-refractivity contribution in [1.82, 2.24) is 10.3 Å².